The lowest BCUT2D eigenvalue weighted by Gasteiger charge is -2.30. The maximum absolute atomic E-state index is 11.6. The Bertz CT molecular complexity index is 465. The molecule has 0 spiro atoms. The van der Waals surface area contributed by atoms with Crippen molar-refractivity contribution < 1.29 is 14.6 Å². The monoisotopic (exact) mass is 291 g/mol. The summed E-state index contributed by atoms with van der Waals surface area (Å²) in [5.74, 6) is 0.0618. The summed E-state index contributed by atoms with van der Waals surface area (Å²) >= 11 is 0. The van der Waals surface area contributed by atoms with Gasteiger partial charge in [0, 0.05) is 6.04 Å². The molecule has 116 valence electrons. The first-order valence-electron chi connectivity index (χ1n) is 7.67. The van der Waals surface area contributed by atoms with Crippen molar-refractivity contribution in [2.24, 2.45) is 0 Å². The average molecular weight is 291 g/mol. The fourth-order valence-electron chi connectivity index (χ4n) is 2.95. The van der Waals surface area contributed by atoms with Gasteiger partial charge in [-0.2, -0.15) is 0 Å². The first-order valence-corrected chi connectivity index (χ1v) is 7.67. The van der Waals surface area contributed by atoms with E-state index in [0.717, 1.165) is 30.6 Å². The second kappa shape index (κ2) is 6.94. The zero-order chi connectivity index (χ0) is 15.3. The molecule has 4 heteroatoms. The summed E-state index contributed by atoms with van der Waals surface area (Å²) in [7, 11) is 1.64. The highest BCUT2D eigenvalue weighted by atomic mass is 16.5. The van der Waals surface area contributed by atoms with Crippen LogP contribution in [0.4, 0.5) is 0 Å². The molecule has 0 bridgehead atoms. The summed E-state index contributed by atoms with van der Waals surface area (Å²) in [6.45, 7) is 1.80. The van der Waals surface area contributed by atoms with Crippen molar-refractivity contribution in [3.63, 3.8) is 0 Å². The van der Waals surface area contributed by atoms with Crippen LogP contribution in [0.25, 0.3) is 0 Å². The van der Waals surface area contributed by atoms with E-state index in [-0.39, 0.29) is 0 Å². The van der Waals surface area contributed by atoms with Crippen LogP contribution >= 0.6 is 0 Å². The minimum atomic E-state index is -0.852. The third-order valence-electron chi connectivity index (χ3n) is 4.42. The fourth-order valence-corrected chi connectivity index (χ4v) is 2.95. The molecule has 1 aliphatic carbocycles. The average Bonchev–Trinajstić information content (AvgIpc) is 2.98. The third kappa shape index (κ3) is 4.21. The smallest absolute Gasteiger partial charge is 0.323 e. The molecular weight excluding hydrogens is 266 g/mol. The molecule has 1 saturated carbocycles. The lowest BCUT2D eigenvalue weighted by molar-refractivity contribution is -0.144. The molecule has 1 fully saturated rings. The Kier molecular flexibility index (Phi) is 5.23. The number of ether oxygens (including phenoxy) is 1. The summed E-state index contributed by atoms with van der Waals surface area (Å²) in [6, 6.07) is 8.17. The highest BCUT2D eigenvalue weighted by molar-refractivity contribution is 5.78. The molecule has 1 aromatic rings. The zero-order valence-electron chi connectivity index (χ0n) is 12.9. The van der Waals surface area contributed by atoms with Crippen LogP contribution in [-0.4, -0.2) is 29.8 Å². The van der Waals surface area contributed by atoms with Gasteiger partial charge < -0.3 is 9.84 Å². The van der Waals surface area contributed by atoms with Crippen LogP contribution in [0.3, 0.4) is 0 Å². The van der Waals surface area contributed by atoms with Crippen molar-refractivity contribution >= 4 is 5.97 Å². The molecule has 0 radical (unpaired) electrons. The van der Waals surface area contributed by atoms with Crippen LogP contribution in [0.5, 0.6) is 5.75 Å². The van der Waals surface area contributed by atoms with Crippen molar-refractivity contribution in [2.45, 2.75) is 57.0 Å². The number of carbonyl (C=O) groups is 1. The van der Waals surface area contributed by atoms with E-state index in [4.69, 9.17) is 4.74 Å². The highest BCUT2D eigenvalue weighted by Gasteiger charge is 2.35. The molecular formula is C17H25NO3. The van der Waals surface area contributed by atoms with E-state index in [9.17, 15) is 9.90 Å². The molecule has 1 aromatic carbocycles. The van der Waals surface area contributed by atoms with Gasteiger partial charge in [-0.05, 0) is 50.3 Å². The van der Waals surface area contributed by atoms with E-state index < -0.39 is 11.5 Å². The number of carboxylic acids is 1. The van der Waals surface area contributed by atoms with E-state index in [0.29, 0.717) is 12.5 Å². The molecule has 21 heavy (non-hydrogen) atoms. The first-order chi connectivity index (χ1) is 10.0. The van der Waals surface area contributed by atoms with Gasteiger partial charge in [0.25, 0.3) is 0 Å². The number of hydrogen-bond acceptors (Lipinski definition) is 3. The van der Waals surface area contributed by atoms with Crippen molar-refractivity contribution in [3.8, 4) is 5.75 Å². The van der Waals surface area contributed by atoms with Crippen LogP contribution in [0.2, 0.25) is 0 Å². The number of aliphatic carboxylic acids is 1. The molecule has 1 aliphatic rings. The van der Waals surface area contributed by atoms with E-state index in [2.05, 4.69) is 5.32 Å². The van der Waals surface area contributed by atoms with Gasteiger partial charge in [0.15, 0.2) is 0 Å². The Balaban J connectivity index is 1.96. The zero-order valence-corrected chi connectivity index (χ0v) is 12.9. The number of hydrogen-bond donors (Lipinski definition) is 2. The largest absolute Gasteiger partial charge is 0.497 e. The van der Waals surface area contributed by atoms with Crippen molar-refractivity contribution in [3.05, 3.63) is 29.8 Å². The summed E-state index contributed by atoms with van der Waals surface area (Å²) in [6.07, 6.45) is 5.91. The third-order valence-corrected chi connectivity index (χ3v) is 4.42. The molecule has 0 aliphatic heterocycles. The predicted molar refractivity (Wildman–Crippen MR) is 82.7 cm³/mol. The van der Waals surface area contributed by atoms with Gasteiger partial charge in [0.1, 0.15) is 11.3 Å². The molecule has 2 rings (SSSR count). The molecule has 0 aromatic heterocycles. The fraction of sp³-hybridized carbons (Fsp3) is 0.588. The molecule has 0 amide bonds. The standard InChI is InChI=1S/C17H25NO3/c1-17(16(19)20,18-14-5-3-4-6-14)12-11-13-7-9-15(21-2)10-8-13/h7-10,14,18H,3-6,11-12H2,1-2H3,(H,19,20). The summed E-state index contributed by atoms with van der Waals surface area (Å²) in [5.41, 5.74) is 0.283. The maximum atomic E-state index is 11.6. The van der Waals surface area contributed by atoms with E-state index in [1.54, 1.807) is 14.0 Å². The van der Waals surface area contributed by atoms with Crippen LogP contribution in [0.1, 0.15) is 44.6 Å². The van der Waals surface area contributed by atoms with E-state index in [1.807, 2.05) is 24.3 Å². The summed E-state index contributed by atoms with van der Waals surface area (Å²) in [5, 5.41) is 12.9. The Morgan fingerprint density at radius 3 is 2.48 bits per heavy atom. The topological polar surface area (TPSA) is 58.6 Å². The number of rotatable bonds is 7. The number of methoxy groups -OCH3 is 1. The number of aryl methyl sites for hydroxylation is 1. The molecule has 1 atom stereocenters. The van der Waals surface area contributed by atoms with E-state index in [1.165, 1.54) is 12.8 Å². The molecule has 1 unspecified atom stereocenters. The number of benzene rings is 1. The second-order valence-electron chi connectivity index (χ2n) is 6.11. The Morgan fingerprint density at radius 2 is 1.95 bits per heavy atom. The van der Waals surface area contributed by atoms with Crippen molar-refractivity contribution in [1.82, 2.24) is 5.32 Å². The number of nitrogens with one attached hydrogen (secondary N) is 1. The van der Waals surface area contributed by atoms with Crippen molar-refractivity contribution in [1.29, 1.82) is 0 Å². The highest BCUT2D eigenvalue weighted by Crippen LogP contribution is 2.23. The van der Waals surface area contributed by atoms with Gasteiger partial charge in [0.2, 0.25) is 0 Å². The lowest BCUT2D eigenvalue weighted by atomic mass is 9.92. The van der Waals surface area contributed by atoms with Gasteiger partial charge in [-0.25, -0.2) is 0 Å². The van der Waals surface area contributed by atoms with Crippen LogP contribution < -0.4 is 10.1 Å². The van der Waals surface area contributed by atoms with Crippen molar-refractivity contribution in [2.75, 3.05) is 7.11 Å². The minimum Gasteiger partial charge on any atom is -0.497 e. The predicted octanol–water partition coefficient (Wildman–Crippen LogP) is 3.00. The Morgan fingerprint density at radius 1 is 1.33 bits per heavy atom. The minimum absolute atomic E-state index is 0.349. The first kappa shape index (κ1) is 15.8. The summed E-state index contributed by atoms with van der Waals surface area (Å²) in [4.78, 5) is 11.6. The second-order valence-corrected chi connectivity index (χ2v) is 6.11. The van der Waals surface area contributed by atoms with Crippen LogP contribution in [0.15, 0.2) is 24.3 Å². The van der Waals surface area contributed by atoms with Crippen LogP contribution in [0, 0.1) is 0 Å². The Hall–Kier alpha value is -1.55. The maximum Gasteiger partial charge on any atom is 0.323 e. The van der Waals surface area contributed by atoms with Gasteiger partial charge in [-0.1, -0.05) is 25.0 Å². The lowest BCUT2D eigenvalue weighted by Crippen LogP contribution is -2.53. The quantitative estimate of drug-likeness (QED) is 0.811. The van der Waals surface area contributed by atoms with Gasteiger partial charge >= 0.3 is 5.97 Å². The molecule has 0 saturated heterocycles. The normalized spacial score (nSPS) is 18.4. The van der Waals surface area contributed by atoms with Gasteiger partial charge in [0.05, 0.1) is 7.11 Å². The SMILES string of the molecule is COc1ccc(CCC(C)(NC2CCCC2)C(=O)O)cc1. The molecule has 4 nitrogen and oxygen atoms in total. The Labute approximate surface area is 126 Å². The van der Waals surface area contributed by atoms with Crippen LogP contribution in [-0.2, 0) is 11.2 Å². The number of carboxylic acid groups (broad SMARTS) is 1. The molecule has 0 heterocycles. The van der Waals surface area contributed by atoms with Gasteiger partial charge in [-0.3, -0.25) is 10.1 Å². The summed E-state index contributed by atoms with van der Waals surface area (Å²) < 4.78 is 5.14. The van der Waals surface area contributed by atoms with Gasteiger partial charge in [-0.15, -0.1) is 0 Å². The van der Waals surface area contributed by atoms with E-state index >= 15 is 0 Å². The molecule has 2 N–H and O–H groups in total.